The fourth-order valence-corrected chi connectivity index (χ4v) is 2.47. The van der Waals surface area contributed by atoms with Crippen molar-refractivity contribution in [3.8, 4) is 5.75 Å². The van der Waals surface area contributed by atoms with E-state index in [0.29, 0.717) is 0 Å². The molecule has 1 aromatic carbocycles. The quantitative estimate of drug-likeness (QED) is 0.477. The average Bonchev–Trinajstić information content (AvgIpc) is 2.46. The van der Waals surface area contributed by atoms with Gasteiger partial charge in [-0.15, -0.1) is 0 Å². The van der Waals surface area contributed by atoms with Crippen molar-refractivity contribution in [2.75, 3.05) is 7.11 Å². The summed E-state index contributed by atoms with van der Waals surface area (Å²) in [5, 5.41) is 0. The molecule has 3 nitrogen and oxygen atoms in total. The van der Waals surface area contributed by atoms with Crippen molar-refractivity contribution in [3.05, 3.63) is 41.5 Å². The van der Waals surface area contributed by atoms with Gasteiger partial charge in [-0.25, -0.2) is 0 Å². The number of hydrogen-bond donors (Lipinski definition) is 2. The van der Waals surface area contributed by atoms with Gasteiger partial charge in [-0.3, -0.25) is 11.3 Å². The van der Waals surface area contributed by atoms with E-state index in [-0.39, 0.29) is 6.04 Å². The Kier molecular flexibility index (Phi) is 4.79. The maximum absolute atomic E-state index is 5.69. The highest BCUT2D eigenvalue weighted by atomic mass is 16.5. The molecule has 0 fully saturated rings. The van der Waals surface area contributed by atoms with Crippen molar-refractivity contribution in [1.29, 1.82) is 0 Å². The molecule has 0 aliphatic heterocycles. The zero-order chi connectivity index (χ0) is 12.8. The van der Waals surface area contributed by atoms with Gasteiger partial charge >= 0.3 is 0 Å². The normalized spacial score (nSPS) is 17.1. The monoisotopic (exact) mass is 246 g/mol. The lowest BCUT2D eigenvalue weighted by molar-refractivity contribution is 0.414. The Bertz CT molecular complexity index is 397. The van der Waals surface area contributed by atoms with Crippen LogP contribution in [0.4, 0.5) is 0 Å². The summed E-state index contributed by atoms with van der Waals surface area (Å²) in [6.45, 7) is 0. The Morgan fingerprint density at radius 2 is 2.06 bits per heavy atom. The van der Waals surface area contributed by atoms with E-state index in [2.05, 4.69) is 23.6 Å². The van der Waals surface area contributed by atoms with Crippen LogP contribution in [0.25, 0.3) is 0 Å². The van der Waals surface area contributed by atoms with E-state index in [9.17, 15) is 0 Å². The minimum absolute atomic E-state index is 0.263. The van der Waals surface area contributed by atoms with Crippen LogP contribution in [0.15, 0.2) is 35.9 Å². The van der Waals surface area contributed by atoms with E-state index in [1.54, 1.807) is 7.11 Å². The molecule has 0 aromatic heterocycles. The number of nitrogens with one attached hydrogen (secondary N) is 1. The first-order valence-corrected chi connectivity index (χ1v) is 6.61. The van der Waals surface area contributed by atoms with Gasteiger partial charge in [0.1, 0.15) is 5.75 Å². The summed E-state index contributed by atoms with van der Waals surface area (Å²) in [5.74, 6) is 6.59. The first kappa shape index (κ1) is 13.1. The third-order valence-electron chi connectivity index (χ3n) is 3.57. The van der Waals surface area contributed by atoms with E-state index in [4.69, 9.17) is 10.6 Å². The second-order valence-electron chi connectivity index (χ2n) is 4.80. The Hall–Kier alpha value is -1.32. The van der Waals surface area contributed by atoms with Crippen LogP contribution in [-0.4, -0.2) is 13.2 Å². The predicted molar refractivity (Wildman–Crippen MR) is 74.4 cm³/mol. The van der Waals surface area contributed by atoms with Gasteiger partial charge in [0.25, 0.3) is 0 Å². The number of allylic oxidation sites excluding steroid dienone is 1. The molecule has 0 saturated carbocycles. The van der Waals surface area contributed by atoms with E-state index in [0.717, 1.165) is 12.2 Å². The number of nitrogens with two attached hydrogens (primary N) is 1. The van der Waals surface area contributed by atoms with E-state index in [1.807, 2.05) is 12.1 Å². The van der Waals surface area contributed by atoms with Gasteiger partial charge in [0.05, 0.1) is 7.11 Å². The molecule has 2 rings (SSSR count). The van der Waals surface area contributed by atoms with Crippen LogP contribution < -0.4 is 16.0 Å². The van der Waals surface area contributed by atoms with E-state index in [1.165, 1.54) is 36.8 Å². The van der Waals surface area contributed by atoms with Crippen molar-refractivity contribution in [2.24, 2.45) is 5.84 Å². The SMILES string of the molecule is COc1ccc(CC(NN)C2=CCCCC2)cc1. The summed E-state index contributed by atoms with van der Waals surface area (Å²) >= 11 is 0. The molecule has 0 heterocycles. The molecular weight excluding hydrogens is 224 g/mol. The minimum atomic E-state index is 0.263. The number of methoxy groups -OCH3 is 1. The van der Waals surface area contributed by atoms with Crippen LogP contribution in [0, 0.1) is 0 Å². The van der Waals surface area contributed by atoms with E-state index >= 15 is 0 Å². The Labute approximate surface area is 109 Å². The van der Waals surface area contributed by atoms with Gasteiger partial charge in [-0.2, -0.15) is 0 Å². The highest BCUT2D eigenvalue weighted by Gasteiger charge is 2.15. The summed E-state index contributed by atoms with van der Waals surface area (Å²) in [6, 6.07) is 8.47. The van der Waals surface area contributed by atoms with Gasteiger partial charge in [-0.1, -0.05) is 23.8 Å². The smallest absolute Gasteiger partial charge is 0.118 e. The molecule has 98 valence electrons. The molecule has 1 atom stereocenters. The standard InChI is InChI=1S/C15H22N2O/c1-18-14-9-7-12(8-10-14)11-15(17-16)13-5-3-2-4-6-13/h5,7-10,15,17H,2-4,6,11,16H2,1H3. The molecule has 0 radical (unpaired) electrons. The molecule has 1 aliphatic carbocycles. The van der Waals surface area contributed by atoms with E-state index < -0.39 is 0 Å². The van der Waals surface area contributed by atoms with Gasteiger partial charge in [0.15, 0.2) is 0 Å². The van der Waals surface area contributed by atoms with Crippen LogP contribution in [0.5, 0.6) is 5.75 Å². The number of benzene rings is 1. The van der Waals surface area contributed by atoms with Crippen molar-refractivity contribution >= 4 is 0 Å². The van der Waals surface area contributed by atoms with Crippen LogP contribution in [0.2, 0.25) is 0 Å². The summed E-state index contributed by atoms with van der Waals surface area (Å²) in [5.41, 5.74) is 5.69. The molecule has 0 amide bonds. The molecule has 1 aromatic rings. The molecule has 18 heavy (non-hydrogen) atoms. The average molecular weight is 246 g/mol. The van der Waals surface area contributed by atoms with Crippen LogP contribution in [0.3, 0.4) is 0 Å². The minimum Gasteiger partial charge on any atom is -0.497 e. The molecular formula is C15H22N2O. The topological polar surface area (TPSA) is 47.3 Å². The number of hydrogen-bond acceptors (Lipinski definition) is 3. The fourth-order valence-electron chi connectivity index (χ4n) is 2.47. The molecule has 3 N–H and O–H groups in total. The molecule has 1 aliphatic rings. The van der Waals surface area contributed by atoms with Crippen molar-refractivity contribution in [1.82, 2.24) is 5.43 Å². The first-order chi connectivity index (χ1) is 8.83. The molecule has 0 saturated heterocycles. The highest BCUT2D eigenvalue weighted by molar-refractivity contribution is 5.29. The number of hydrazine groups is 1. The van der Waals surface area contributed by atoms with Crippen molar-refractivity contribution in [2.45, 2.75) is 38.1 Å². The molecule has 1 unspecified atom stereocenters. The highest BCUT2D eigenvalue weighted by Crippen LogP contribution is 2.22. The van der Waals surface area contributed by atoms with Crippen LogP contribution >= 0.6 is 0 Å². The largest absolute Gasteiger partial charge is 0.497 e. The summed E-state index contributed by atoms with van der Waals surface area (Å²) in [7, 11) is 1.69. The zero-order valence-electron chi connectivity index (χ0n) is 11.0. The molecule has 3 heteroatoms. The second-order valence-corrected chi connectivity index (χ2v) is 4.80. The van der Waals surface area contributed by atoms with Crippen molar-refractivity contribution < 1.29 is 4.74 Å². The lowest BCUT2D eigenvalue weighted by Gasteiger charge is -2.22. The third kappa shape index (κ3) is 3.34. The van der Waals surface area contributed by atoms with Gasteiger partial charge in [-0.05, 0) is 49.8 Å². The zero-order valence-corrected chi connectivity index (χ0v) is 11.0. The van der Waals surface area contributed by atoms with Gasteiger partial charge in [0, 0.05) is 6.04 Å². The number of rotatable bonds is 5. The maximum Gasteiger partial charge on any atom is 0.118 e. The lowest BCUT2D eigenvalue weighted by Crippen LogP contribution is -2.38. The number of ether oxygens (including phenoxy) is 1. The van der Waals surface area contributed by atoms with Crippen molar-refractivity contribution in [3.63, 3.8) is 0 Å². The van der Waals surface area contributed by atoms with Gasteiger partial charge in [0.2, 0.25) is 0 Å². The maximum atomic E-state index is 5.69. The van der Waals surface area contributed by atoms with Gasteiger partial charge < -0.3 is 4.74 Å². The Morgan fingerprint density at radius 3 is 2.61 bits per heavy atom. The predicted octanol–water partition coefficient (Wildman–Crippen LogP) is 2.57. The Balaban J connectivity index is 2.02. The Morgan fingerprint density at radius 1 is 1.28 bits per heavy atom. The summed E-state index contributed by atoms with van der Waals surface area (Å²) < 4.78 is 5.17. The summed E-state index contributed by atoms with van der Waals surface area (Å²) in [4.78, 5) is 0. The first-order valence-electron chi connectivity index (χ1n) is 6.61. The molecule has 0 spiro atoms. The second kappa shape index (κ2) is 6.57. The fraction of sp³-hybridized carbons (Fsp3) is 0.467. The molecule has 0 bridgehead atoms. The van der Waals surface area contributed by atoms with Crippen LogP contribution in [-0.2, 0) is 6.42 Å². The third-order valence-corrected chi connectivity index (χ3v) is 3.57. The van der Waals surface area contributed by atoms with Crippen LogP contribution in [0.1, 0.15) is 31.2 Å². The lowest BCUT2D eigenvalue weighted by atomic mass is 9.90. The summed E-state index contributed by atoms with van der Waals surface area (Å²) in [6.07, 6.45) is 8.24.